The molecule has 3 heterocycles. The number of hydrogen-bond acceptors (Lipinski definition) is 5. The molecule has 0 bridgehead atoms. The molecule has 1 aromatic rings. The van der Waals surface area contributed by atoms with Gasteiger partial charge >= 0.3 is 0 Å². The molecular weight excluding hydrogens is 320 g/mol. The highest BCUT2D eigenvalue weighted by Crippen LogP contribution is 2.22. The van der Waals surface area contributed by atoms with E-state index in [9.17, 15) is 13.2 Å². The van der Waals surface area contributed by atoms with E-state index in [0.29, 0.717) is 12.8 Å². The standard InChI is InChI=1S/C15H22N2O3S2/c18-15(4-3-12-5-8-21-9-12)16-13-10-22(19,20)11-14(13)17-6-1-2-7-17/h5,8-9,13-14H,1-4,6-7,10-11H2,(H,16,18)/t13-,14+/m0/s1. The van der Waals surface area contributed by atoms with Gasteiger partial charge in [0, 0.05) is 12.5 Å². The van der Waals surface area contributed by atoms with Gasteiger partial charge in [-0.1, -0.05) is 0 Å². The summed E-state index contributed by atoms with van der Waals surface area (Å²) >= 11 is 1.62. The van der Waals surface area contributed by atoms with Gasteiger partial charge in [-0.15, -0.1) is 0 Å². The van der Waals surface area contributed by atoms with Crippen LogP contribution in [0.1, 0.15) is 24.8 Å². The average Bonchev–Trinajstić information content (AvgIpc) is 3.17. The Morgan fingerprint density at radius 2 is 2.09 bits per heavy atom. The Labute approximate surface area is 135 Å². The molecule has 0 unspecified atom stereocenters. The van der Waals surface area contributed by atoms with Crippen LogP contribution in [0.25, 0.3) is 0 Å². The van der Waals surface area contributed by atoms with Crippen LogP contribution < -0.4 is 5.32 Å². The van der Waals surface area contributed by atoms with Crippen molar-refractivity contribution < 1.29 is 13.2 Å². The maximum atomic E-state index is 12.1. The maximum Gasteiger partial charge on any atom is 0.220 e. The Morgan fingerprint density at radius 3 is 2.77 bits per heavy atom. The zero-order chi connectivity index (χ0) is 15.6. The number of nitrogens with one attached hydrogen (secondary N) is 1. The van der Waals surface area contributed by atoms with Gasteiger partial charge in [-0.3, -0.25) is 9.69 Å². The molecule has 1 amide bonds. The summed E-state index contributed by atoms with van der Waals surface area (Å²) < 4.78 is 23.9. The van der Waals surface area contributed by atoms with Crippen molar-refractivity contribution in [2.45, 2.75) is 37.8 Å². The van der Waals surface area contributed by atoms with Crippen LogP contribution >= 0.6 is 11.3 Å². The smallest absolute Gasteiger partial charge is 0.220 e. The molecule has 0 spiro atoms. The number of carbonyl (C=O) groups excluding carboxylic acids is 1. The molecule has 3 rings (SSSR count). The SMILES string of the molecule is O=C(CCc1ccsc1)N[C@H]1CS(=O)(=O)C[C@H]1N1CCCC1. The minimum Gasteiger partial charge on any atom is -0.351 e. The number of carbonyl (C=O) groups is 1. The molecule has 2 aliphatic rings. The Hall–Kier alpha value is -0.920. The highest BCUT2D eigenvalue weighted by molar-refractivity contribution is 7.91. The van der Waals surface area contributed by atoms with Crippen molar-refractivity contribution in [1.82, 2.24) is 10.2 Å². The minimum atomic E-state index is -3.04. The highest BCUT2D eigenvalue weighted by atomic mass is 32.2. The zero-order valence-corrected chi connectivity index (χ0v) is 14.2. The predicted octanol–water partition coefficient (Wildman–Crippen LogP) is 1.06. The molecular formula is C15H22N2O3S2. The van der Waals surface area contributed by atoms with Crippen molar-refractivity contribution in [2.75, 3.05) is 24.6 Å². The maximum absolute atomic E-state index is 12.1. The number of hydrogen-bond donors (Lipinski definition) is 1. The van der Waals surface area contributed by atoms with Crippen molar-refractivity contribution in [3.63, 3.8) is 0 Å². The molecule has 22 heavy (non-hydrogen) atoms. The summed E-state index contributed by atoms with van der Waals surface area (Å²) in [6.45, 7) is 1.89. The third kappa shape index (κ3) is 3.88. The van der Waals surface area contributed by atoms with Crippen LogP contribution in [0.3, 0.4) is 0 Å². The van der Waals surface area contributed by atoms with Crippen LogP contribution in [0, 0.1) is 0 Å². The van der Waals surface area contributed by atoms with Gasteiger partial charge in [0.25, 0.3) is 0 Å². The lowest BCUT2D eigenvalue weighted by atomic mass is 10.1. The van der Waals surface area contributed by atoms with Crippen molar-refractivity contribution in [3.05, 3.63) is 22.4 Å². The van der Waals surface area contributed by atoms with Crippen molar-refractivity contribution >= 4 is 27.1 Å². The van der Waals surface area contributed by atoms with E-state index >= 15 is 0 Å². The van der Waals surface area contributed by atoms with E-state index in [0.717, 1.165) is 31.5 Å². The molecule has 0 saturated carbocycles. The number of likely N-dealkylation sites (tertiary alicyclic amines) is 1. The number of amides is 1. The fourth-order valence-electron chi connectivity index (χ4n) is 3.37. The van der Waals surface area contributed by atoms with Crippen LogP contribution in [0.2, 0.25) is 0 Å². The summed E-state index contributed by atoms with van der Waals surface area (Å²) in [6.07, 6.45) is 3.37. The first-order valence-corrected chi connectivity index (χ1v) is 10.5. The number of sulfone groups is 1. The first kappa shape index (κ1) is 16.0. The van der Waals surface area contributed by atoms with Gasteiger partial charge in [0.2, 0.25) is 5.91 Å². The molecule has 2 atom stereocenters. The first-order chi connectivity index (χ1) is 10.5. The first-order valence-electron chi connectivity index (χ1n) is 7.78. The molecule has 1 aromatic heterocycles. The van der Waals surface area contributed by atoms with E-state index in [1.165, 1.54) is 0 Å². The summed E-state index contributed by atoms with van der Waals surface area (Å²) in [5.74, 6) is 0.221. The Kier molecular flexibility index (Phi) is 4.84. The van der Waals surface area contributed by atoms with Crippen LogP contribution in [0.5, 0.6) is 0 Å². The largest absolute Gasteiger partial charge is 0.351 e. The number of aryl methyl sites for hydroxylation is 1. The van der Waals surface area contributed by atoms with Crippen molar-refractivity contribution in [3.8, 4) is 0 Å². The molecule has 122 valence electrons. The summed E-state index contributed by atoms with van der Waals surface area (Å²) in [6, 6.07) is 1.72. The quantitative estimate of drug-likeness (QED) is 0.869. The van der Waals surface area contributed by atoms with E-state index in [1.807, 2.05) is 16.8 Å². The van der Waals surface area contributed by atoms with E-state index in [4.69, 9.17) is 0 Å². The zero-order valence-electron chi connectivity index (χ0n) is 12.5. The number of nitrogens with zero attached hydrogens (tertiary/aromatic N) is 1. The van der Waals surface area contributed by atoms with E-state index in [1.54, 1.807) is 11.3 Å². The van der Waals surface area contributed by atoms with Gasteiger partial charge in [-0.05, 0) is 54.7 Å². The van der Waals surface area contributed by atoms with Crippen molar-refractivity contribution in [2.24, 2.45) is 0 Å². The lowest BCUT2D eigenvalue weighted by Gasteiger charge is -2.28. The number of rotatable bonds is 5. The second kappa shape index (κ2) is 6.68. The fraction of sp³-hybridized carbons (Fsp3) is 0.667. The fourth-order valence-corrected chi connectivity index (χ4v) is 6.03. The molecule has 2 fully saturated rings. The second-order valence-electron chi connectivity index (χ2n) is 6.19. The Balaban J connectivity index is 1.57. The third-order valence-electron chi connectivity index (χ3n) is 4.50. The van der Waals surface area contributed by atoms with Gasteiger partial charge in [0.1, 0.15) is 0 Å². The van der Waals surface area contributed by atoms with Gasteiger partial charge in [-0.2, -0.15) is 11.3 Å². The molecule has 2 saturated heterocycles. The third-order valence-corrected chi connectivity index (χ3v) is 6.95. The Bertz CT molecular complexity index is 607. The number of thiophene rings is 1. The molecule has 1 N–H and O–H groups in total. The van der Waals surface area contributed by atoms with Gasteiger partial charge in [0.15, 0.2) is 9.84 Å². The van der Waals surface area contributed by atoms with Crippen LogP contribution in [0.4, 0.5) is 0 Å². The summed E-state index contributed by atoms with van der Waals surface area (Å²) in [4.78, 5) is 14.4. The summed E-state index contributed by atoms with van der Waals surface area (Å²) in [5.41, 5.74) is 1.16. The van der Waals surface area contributed by atoms with E-state index < -0.39 is 9.84 Å². The molecule has 0 aliphatic carbocycles. The van der Waals surface area contributed by atoms with Gasteiger partial charge < -0.3 is 5.32 Å². The molecule has 0 radical (unpaired) electrons. The minimum absolute atomic E-state index is 0.0439. The second-order valence-corrected chi connectivity index (χ2v) is 9.13. The highest BCUT2D eigenvalue weighted by Gasteiger charge is 2.42. The van der Waals surface area contributed by atoms with E-state index in [2.05, 4.69) is 10.2 Å². The predicted molar refractivity (Wildman–Crippen MR) is 87.8 cm³/mol. The summed E-state index contributed by atoms with van der Waals surface area (Å²) in [7, 11) is -3.04. The van der Waals surface area contributed by atoms with Crippen LogP contribution in [-0.4, -0.2) is 55.9 Å². The Morgan fingerprint density at radius 1 is 1.32 bits per heavy atom. The molecule has 0 aromatic carbocycles. The monoisotopic (exact) mass is 342 g/mol. The summed E-state index contributed by atoms with van der Waals surface area (Å²) in [5, 5.41) is 7.01. The lowest BCUT2D eigenvalue weighted by Crippen LogP contribution is -2.50. The molecule has 2 aliphatic heterocycles. The van der Waals surface area contributed by atoms with Gasteiger partial charge in [0.05, 0.1) is 17.5 Å². The normalized spacial score (nSPS) is 28.0. The van der Waals surface area contributed by atoms with Crippen LogP contribution in [-0.2, 0) is 21.1 Å². The lowest BCUT2D eigenvalue weighted by molar-refractivity contribution is -0.121. The average molecular weight is 342 g/mol. The van der Waals surface area contributed by atoms with Crippen LogP contribution in [0.15, 0.2) is 16.8 Å². The molecule has 5 nitrogen and oxygen atoms in total. The topological polar surface area (TPSA) is 66.5 Å². The van der Waals surface area contributed by atoms with E-state index in [-0.39, 0.29) is 29.5 Å². The molecule has 7 heteroatoms. The van der Waals surface area contributed by atoms with Crippen molar-refractivity contribution in [1.29, 1.82) is 0 Å². The van der Waals surface area contributed by atoms with Gasteiger partial charge in [-0.25, -0.2) is 8.42 Å².